The third-order valence-corrected chi connectivity index (χ3v) is 5.94. The minimum Gasteiger partial charge on any atom is -0.462 e. The monoisotopic (exact) mass is 456 g/mol. The van der Waals surface area contributed by atoms with Crippen LogP contribution in [0.2, 0.25) is 0 Å². The van der Waals surface area contributed by atoms with Crippen LogP contribution in [0.5, 0.6) is 0 Å². The lowest BCUT2D eigenvalue weighted by molar-refractivity contribution is 0.0395. The van der Waals surface area contributed by atoms with E-state index in [0.717, 1.165) is 19.3 Å². The highest BCUT2D eigenvalue weighted by molar-refractivity contribution is 7.86. The fourth-order valence-corrected chi connectivity index (χ4v) is 3.92. The number of ether oxygens (including phenoxy) is 2. The Balaban J connectivity index is 2.51. The molecule has 0 bridgehead atoms. The molecule has 0 aliphatic carbocycles. The van der Waals surface area contributed by atoms with Crippen LogP contribution in [0.1, 0.15) is 105 Å². The Morgan fingerprint density at radius 3 is 1.87 bits per heavy atom. The molecule has 0 radical (unpaired) electrons. The number of unbranched alkanes of at least 4 members (excludes halogenated alkanes) is 8. The van der Waals surface area contributed by atoms with E-state index in [-0.39, 0.29) is 24.2 Å². The van der Waals surface area contributed by atoms with Gasteiger partial charge in [-0.15, -0.1) is 0 Å². The lowest BCUT2D eigenvalue weighted by Gasteiger charge is -2.15. The van der Waals surface area contributed by atoms with Crippen LogP contribution in [0.25, 0.3) is 0 Å². The first-order chi connectivity index (χ1) is 14.8. The summed E-state index contributed by atoms with van der Waals surface area (Å²) in [5, 5.41) is 0. The van der Waals surface area contributed by atoms with Crippen molar-refractivity contribution < 1.29 is 32.0 Å². The summed E-state index contributed by atoms with van der Waals surface area (Å²) in [5.41, 5.74) is -1.76. The highest BCUT2D eigenvalue weighted by Crippen LogP contribution is 2.17. The van der Waals surface area contributed by atoms with E-state index in [1.54, 1.807) is 13.0 Å². The summed E-state index contributed by atoms with van der Waals surface area (Å²) in [5.74, 6) is -1.65. The second-order valence-electron chi connectivity index (χ2n) is 7.65. The maximum atomic E-state index is 12.4. The summed E-state index contributed by atoms with van der Waals surface area (Å²) >= 11 is 0. The predicted octanol–water partition coefficient (Wildman–Crippen LogP) is 5.55. The molecule has 0 fully saturated rings. The van der Waals surface area contributed by atoms with Crippen LogP contribution in [-0.4, -0.2) is 37.0 Å². The molecule has 1 aromatic carbocycles. The normalized spacial score (nSPS) is 12.4. The Bertz CT molecular complexity index is 774. The van der Waals surface area contributed by atoms with Crippen molar-refractivity contribution in [3.8, 4) is 0 Å². The standard InChI is InChI=1S/C23H36O7S/c1-3-5-6-7-8-9-10-11-14-18-29-22(24)19-16-12-13-17-20(19)23(25)30-21(15-4-2)31(26,27)28/h12-13,16-17,21H,3-11,14-15,18H2,1-2H3,(H,26,27,28). The van der Waals surface area contributed by atoms with Gasteiger partial charge in [0.2, 0.25) is 5.44 Å². The molecule has 0 aliphatic rings. The van der Waals surface area contributed by atoms with Gasteiger partial charge in [-0.3, -0.25) is 4.55 Å². The Hall–Kier alpha value is -1.93. The smallest absolute Gasteiger partial charge is 0.340 e. The summed E-state index contributed by atoms with van der Waals surface area (Å²) in [6.45, 7) is 4.15. The number of hydrogen-bond acceptors (Lipinski definition) is 6. The lowest BCUT2D eigenvalue weighted by Crippen LogP contribution is -2.27. The van der Waals surface area contributed by atoms with Crippen molar-refractivity contribution in [2.24, 2.45) is 0 Å². The van der Waals surface area contributed by atoms with Gasteiger partial charge in [0.1, 0.15) is 0 Å². The van der Waals surface area contributed by atoms with Crippen molar-refractivity contribution in [2.45, 2.75) is 89.9 Å². The Kier molecular flexibility index (Phi) is 13.1. The number of carbonyl (C=O) groups excluding carboxylic acids is 2. The van der Waals surface area contributed by atoms with Gasteiger partial charge in [0.25, 0.3) is 0 Å². The second-order valence-corrected chi connectivity index (χ2v) is 9.20. The summed E-state index contributed by atoms with van der Waals surface area (Å²) < 4.78 is 42.3. The van der Waals surface area contributed by atoms with Crippen molar-refractivity contribution in [3.05, 3.63) is 35.4 Å². The molecule has 0 spiro atoms. The van der Waals surface area contributed by atoms with Crippen LogP contribution in [0, 0.1) is 0 Å². The zero-order valence-corrected chi connectivity index (χ0v) is 19.5. The summed E-state index contributed by atoms with van der Waals surface area (Å²) in [4.78, 5) is 24.9. The molecule has 1 atom stereocenters. The molecule has 176 valence electrons. The maximum absolute atomic E-state index is 12.4. The SMILES string of the molecule is CCCCCCCCCCCOC(=O)c1ccccc1C(=O)OC(CCC)S(=O)(=O)O. The average Bonchev–Trinajstić information content (AvgIpc) is 2.73. The number of rotatable bonds is 16. The molecule has 0 amide bonds. The van der Waals surface area contributed by atoms with Crippen molar-refractivity contribution in [3.63, 3.8) is 0 Å². The Morgan fingerprint density at radius 1 is 0.839 bits per heavy atom. The zero-order chi connectivity index (χ0) is 23.1. The first-order valence-corrected chi connectivity index (χ1v) is 12.7. The van der Waals surface area contributed by atoms with E-state index < -0.39 is 27.5 Å². The molecule has 0 heterocycles. The first kappa shape index (κ1) is 27.1. The van der Waals surface area contributed by atoms with Crippen LogP contribution in [0.15, 0.2) is 24.3 Å². The Labute approximate surface area is 186 Å². The van der Waals surface area contributed by atoms with E-state index in [4.69, 9.17) is 9.47 Å². The van der Waals surface area contributed by atoms with E-state index in [2.05, 4.69) is 6.92 Å². The third-order valence-electron chi connectivity index (χ3n) is 4.94. The first-order valence-electron chi connectivity index (χ1n) is 11.2. The molecule has 1 rings (SSSR count). The maximum Gasteiger partial charge on any atom is 0.340 e. The molecule has 1 unspecified atom stereocenters. The van der Waals surface area contributed by atoms with Crippen molar-refractivity contribution in [2.75, 3.05) is 6.61 Å². The van der Waals surface area contributed by atoms with E-state index in [1.807, 2.05) is 0 Å². The molecule has 1 aromatic rings. The van der Waals surface area contributed by atoms with Crippen LogP contribution < -0.4 is 0 Å². The topological polar surface area (TPSA) is 107 Å². The predicted molar refractivity (Wildman–Crippen MR) is 120 cm³/mol. The lowest BCUT2D eigenvalue weighted by atomic mass is 10.1. The van der Waals surface area contributed by atoms with Gasteiger partial charge in [-0.1, -0.05) is 83.8 Å². The minimum absolute atomic E-state index is 0.00834. The Morgan fingerprint density at radius 2 is 1.35 bits per heavy atom. The van der Waals surface area contributed by atoms with Gasteiger partial charge < -0.3 is 9.47 Å². The molecule has 0 aliphatic heterocycles. The van der Waals surface area contributed by atoms with E-state index >= 15 is 0 Å². The highest BCUT2D eigenvalue weighted by Gasteiger charge is 2.28. The summed E-state index contributed by atoms with van der Waals surface area (Å²) in [6.07, 6.45) is 10.7. The number of hydrogen-bond donors (Lipinski definition) is 1. The second kappa shape index (κ2) is 15.0. The van der Waals surface area contributed by atoms with Gasteiger partial charge in [0.15, 0.2) is 0 Å². The summed E-state index contributed by atoms with van der Waals surface area (Å²) in [7, 11) is -4.55. The largest absolute Gasteiger partial charge is 0.462 e. The molecule has 1 N–H and O–H groups in total. The van der Waals surface area contributed by atoms with Crippen LogP contribution in [-0.2, 0) is 19.6 Å². The van der Waals surface area contributed by atoms with Crippen LogP contribution >= 0.6 is 0 Å². The van der Waals surface area contributed by atoms with Crippen molar-refractivity contribution in [1.29, 1.82) is 0 Å². The molecule has 0 saturated carbocycles. The average molecular weight is 457 g/mol. The minimum atomic E-state index is -4.55. The van der Waals surface area contributed by atoms with Crippen LogP contribution in [0.3, 0.4) is 0 Å². The van der Waals surface area contributed by atoms with E-state index in [9.17, 15) is 22.6 Å². The fourth-order valence-electron chi connectivity index (χ4n) is 3.18. The van der Waals surface area contributed by atoms with Gasteiger partial charge in [0.05, 0.1) is 17.7 Å². The van der Waals surface area contributed by atoms with E-state index in [1.165, 1.54) is 56.7 Å². The molecular formula is C23H36O7S. The van der Waals surface area contributed by atoms with Gasteiger partial charge in [0, 0.05) is 6.42 Å². The van der Waals surface area contributed by atoms with Gasteiger partial charge in [-0.2, -0.15) is 8.42 Å². The number of esters is 2. The number of carbonyl (C=O) groups is 2. The third kappa shape index (κ3) is 10.8. The highest BCUT2D eigenvalue weighted by atomic mass is 32.2. The molecular weight excluding hydrogens is 420 g/mol. The fraction of sp³-hybridized carbons (Fsp3) is 0.652. The van der Waals surface area contributed by atoms with Crippen molar-refractivity contribution in [1.82, 2.24) is 0 Å². The molecule has 0 saturated heterocycles. The van der Waals surface area contributed by atoms with Gasteiger partial charge in [-0.05, 0) is 18.6 Å². The molecule has 8 heteroatoms. The number of benzene rings is 1. The molecule has 7 nitrogen and oxygen atoms in total. The zero-order valence-electron chi connectivity index (χ0n) is 18.7. The molecule has 0 aromatic heterocycles. The quantitative estimate of drug-likeness (QED) is 0.197. The van der Waals surface area contributed by atoms with Crippen LogP contribution in [0.4, 0.5) is 0 Å². The van der Waals surface area contributed by atoms with Gasteiger partial charge in [-0.25, -0.2) is 9.59 Å². The summed E-state index contributed by atoms with van der Waals surface area (Å²) in [6, 6.07) is 5.91. The van der Waals surface area contributed by atoms with Gasteiger partial charge >= 0.3 is 22.1 Å². The molecule has 31 heavy (non-hydrogen) atoms. The van der Waals surface area contributed by atoms with Crippen molar-refractivity contribution >= 4 is 22.1 Å². The van der Waals surface area contributed by atoms with E-state index in [0.29, 0.717) is 6.42 Å².